The Labute approximate surface area is 109 Å². The van der Waals surface area contributed by atoms with Crippen LogP contribution in [0.25, 0.3) is 0 Å². The van der Waals surface area contributed by atoms with E-state index in [1.54, 1.807) is 12.1 Å². The second-order valence-corrected chi connectivity index (χ2v) is 3.90. The summed E-state index contributed by atoms with van der Waals surface area (Å²) in [6.45, 7) is 1.82. The van der Waals surface area contributed by atoms with Crippen LogP contribution in [-0.2, 0) is 0 Å². The zero-order valence-corrected chi connectivity index (χ0v) is 10.2. The van der Waals surface area contributed by atoms with Crippen LogP contribution in [0.15, 0.2) is 29.4 Å². The second-order valence-electron chi connectivity index (χ2n) is 3.90. The first kappa shape index (κ1) is 15.3. The predicted octanol–water partition coefficient (Wildman–Crippen LogP) is 2.42. The van der Waals surface area contributed by atoms with Gasteiger partial charge in [-0.15, -0.1) is 0 Å². The number of benzene rings is 1. The van der Waals surface area contributed by atoms with Crippen LogP contribution in [0.5, 0.6) is 0 Å². The minimum absolute atomic E-state index is 0.195. The molecule has 0 fully saturated rings. The molecule has 1 aromatic rings. The SMILES string of the molecule is C[B]c1ccc(C(=O)/C(CCC(F)(F)F)=N/O)cc1. The molecule has 0 aliphatic rings. The quantitative estimate of drug-likeness (QED) is 0.293. The minimum atomic E-state index is -4.39. The minimum Gasteiger partial charge on any atom is -0.411 e. The van der Waals surface area contributed by atoms with Crippen molar-refractivity contribution < 1.29 is 23.2 Å². The number of nitrogens with zero attached hydrogens (tertiary/aromatic N) is 1. The fourth-order valence-corrected chi connectivity index (χ4v) is 1.46. The number of carbonyl (C=O) groups is 1. The molecule has 0 spiro atoms. The molecule has 3 nitrogen and oxygen atoms in total. The summed E-state index contributed by atoms with van der Waals surface area (Å²) in [5, 5.41) is 11.3. The van der Waals surface area contributed by atoms with Gasteiger partial charge in [0.05, 0.1) is 0 Å². The maximum Gasteiger partial charge on any atom is 0.389 e. The normalized spacial score (nSPS) is 12.3. The highest BCUT2D eigenvalue weighted by Gasteiger charge is 2.29. The van der Waals surface area contributed by atoms with Crippen molar-refractivity contribution in [3.63, 3.8) is 0 Å². The predicted molar refractivity (Wildman–Crippen MR) is 66.5 cm³/mol. The molecule has 0 heterocycles. The van der Waals surface area contributed by atoms with E-state index < -0.39 is 30.5 Å². The fraction of sp³-hybridized carbons (Fsp3) is 0.333. The number of alkyl halides is 3. The molecule has 0 saturated carbocycles. The van der Waals surface area contributed by atoms with Gasteiger partial charge < -0.3 is 5.21 Å². The molecule has 0 unspecified atom stereocenters. The Bertz CT molecular complexity index is 469. The zero-order chi connectivity index (χ0) is 14.5. The lowest BCUT2D eigenvalue weighted by Gasteiger charge is -2.07. The topological polar surface area (TPSA) is 49.7 Å². The Hall–Kier alpha value is -1.79. The first-order chi connectivity index (χ1) is 8.87. The van der Waals surface area contributed by atoms with Gasteiger partial charge >= 0.3 is 6.18 Å². The van der Waals surface area contributed by atoms with E-state index in [1.807, 2.05) is 14.1 Å². The highest BCUT2D eigenvalue weighted by molar-refractivity contribution is 6.52. The maximum atomic E-state index is 12.1. The van der Waals surface area contributed by atoms with Crippen LogP contribution in [0.2, 0.25) is 6.82 Å². The molecule has 0 atom stereocenters. The van der Waals surface area contributed by atoms with Crippen molar-refractivity contribution in [3.8, 4) is 0 Å². The molecule has 0 aliphatic heterocycles. The van der Waals surface area contributed by atoms with Crippen LogP contribution >= 0.6 is 0 Å². The van der Waals surface area contributed by atoms with E-state index in [0.717, 1.165) is 5.46 Å². The molecule has 0 bridgehead atoms. The first-order valence-electron chi connectivity index (χ1n) is 5.59. The van der Waals surface area contributed by atoms with Gasteiger partial charge in [-0.25, -0.2) is 0 Å². The van der Waals surface area contributed by atoms with Crippen molar-refractivity contribution >= 4 is 24.2 Å². The number of rotatable bonds is 5. The van der Waals surface area contributed by atoms with Gasteiger partial charge in [-0.2, -0.15) is 13.2 Å². The number of Topliss-reactive ketones (excluding diaryl/α,β-unsaturated/α-hetero) is 1. The van der Waals surface area contributed by atoms with Crippen LogP contribution in [0, 0.1) is 0 Å². The fourth-order valence-electron chi connectivity index (χ4n) is 1.46. The highest BCUT2D eigenvalue weighted by atomic mass is 19.4. The molecule has 7 heteroatoms. The number of oxime groups is 1. The molecule has 0 amide bonds. The van der Waals surface area contributed by atoms with Crippen molar-refractivity contribution in [2.24, 2.45) is 5.16 Å². The molecule has 1 aromatic carbocycles. The molecular weight excluding hydrogens is 258 g/mol. The summed E-state index contributed by atoms with van der Waals surface area (Å²) < 4.78 is 36.2. The number of hydrogen-bond acceptors (Lipinski definition) is 3. The Kier molecular flexibility index (Phi) is 5.15. The van der Waals surface area contributed by atoms with Crippen LogP contribution in [0.4, 0.5) is 13.2 Å². The van der Waals surface area contributed by atoms with Crippen molar-refractivity contribution in [1.29, 1.82) is 0 Å². The third-order valence-corrected chi connectivity index (χ3v) is 2.53. The van der Waals surface area contributed by atoms with E-state index in [-0.39, 0.29) is 5.56 Å². The summed E-state index contributed by atoms with van der Waals surface area (Å²) in [6.07, 6.45) is -6.23. The van der Waals surface area contributed by atoms with Gasteiger partial charge in [0, 0.05) is 18.4 Å². The molecule has 19 heavy (non-hydrogen) atoms. The molecular formula is C12H12BF3NO2. The molecule has 101 valence electrons. The van der Waals surface area contributed by atoms with E-state index in [2.05, 4.69) is 5.16 Å². The van der Waals surface area contributed by atoms with Gasteiger partial charge in [-0.05, 0) is 0 Å². The van der Waals surface area contributed by atoms with Gasteiger partial charge in [0.25, 0.3) is 0 Å². The Morgan fingerprint density at radius 3 is 2.32 bits per heavy atom. The summed E-state index contributed by atoms with van der Waals surface area (Å²) in [5.41, 5.74) is 0.584. The van der Waals surface area contributed by atoms with E-state index in [4.69, 9.17) is 5.21 Å². The molecule has 0 saturated heterocycles. The standard InChI is InChI=1S/C12H12BF3NO2/c1-13-9-4-2-8(3-5-9)11(18)10(17-19)6-7-12(14,15)16/h2-5,19H,6-7H2,1H3/b17-10+. The maximum absolute atomic E-state index is 12.1. The van der Waals surface area contributed by atoms with Crippen LogP contribution in [-0.4, -0.2) is 30.2 Å². The lowest BCUT2D eigenvalue weighted by atomic mass is 9.73. The molecule has 0 aromatic heterocycles. The smallest absolute Gasteiger partial charge is 0.389 e. The van der Waals surface area contributed by atoms with Gasteiger partial charge in [0.15, 0.2) is 0 Å². The van der Waals surface area contributed by atoms with Crippen LogP contribution in [0.1, 0.15) is 23.2 Å². The average Bonchev–Trinajstić information content (AvgIpc) is 2.38. The van der Waals surface area contributed by atoms with Gasteiger partial charge in [0.2, 0.25) is 5.78 Å². The lowest BCUT2D eigenvalue weighted by molar-refractivity contribution is -0.132. The zero-order valence-electron chi connectivity index (χ0n) is 10.2. The van der Waals surface area contributed by atoms with Crippen molar-refractivity contribution in [1.82, 2.24) is 0 Å². The summed E-state index contributed by atoms with van der Waals surface area (Å²) >= 11 is 0. The van der Waals surface area contributed by atoms with Crippen LogP contribution < -0.4 is 5.46 Å². The van der Waals surface area contributed by atoms with Gasteiger partial charge in [0.1, 0.15) is 13.0 Å². The lowest BCUT2D eigenvalue weighted by Crippen LogP contribution is -2.19. The number of halogens is 3. The number of carbonyl (C=O) groups excluding carboxylic acids is 1. The average molecular weight is 270 g/mol. The highest BCUT2D eigenvalue weighted by Crippen LogP contribution is 2.22. The van der Waals surface area contributed by atoms with Crippen LogP contribution in [0.3, 0.4) is 0 Å². The molecule has 1 rings (SSSR count). The van der Waals surface area contributed by atoms with Gasteiger partial charge in [-0.1, -0.05) is 41.7 Å². The third kappa shape index (κ3) is 4.77. The number of ketones is 1. The van der Waals surface area contributed by atoms with E-state index >= 15 is 0 Å². The van der Waals surface area contributed by atoms with E-state index in [0.29, 0.717) is 0 Å². The second kappa shape index (κ2) is 6.40. The van der Waals surface area contributed by atoms with Crippen molar-refractivity contribution in [2.45, 2.75) is 25.8 Å². The summed E-state index contributed by atoms with van der Waals surface area (Å²) in [7, 11) is 1.82. The van der Waals surface area contributed by atoms with Gasteiger partial charge in [-0.3, -0.25) is 4.79 Å². The summed E-state index contributed by atoms with van der Waals surface area (Å²) in [6, 6.07) is 6.28. The Balaban J connectivity index is 2.78. The number of hydrogen-bond donors (Lipinski definition) is 1. The molecule has 0 aliphatic carbocycles. The monoisotopic (exact) mass is 270 g/mol. The third-order valence-electron chi connectivity index (χ3n) is 2.53. The molecule has 1 radical (unpaired) electrons. The molecule has 1 N–H and O–H groups in total. The summed E-state index contributed by atoms with van der Waals surface area (Å²) in [5.74, 6) is -0.700. The Morgan fingerprint density at radius 2 is 1.89 bits per heavy atom. The summed E-state index contributed by atoms with van der Waals surface area (Å²) in [4.78, 5) is 11.8. The largest absolute Gasteiger partial charge is 0.411 e. The van der Waals surface area contributed by atoms with Crippen molar-refractivity contribution in [2.75, 3.05) is 0 Å². The Morgan fingerprint density at radius 1 is 1.32 bits per heavy atom. The van der Waals surface area contributed by atoms with E-state index in [9.17, 15) is 18.0 Å². The van der Waals surface area contributed by atoms with Crippen molar-refractivity contribution in [3.05, 3.63) is 29.8 Å². The van der Waals surface area contributed by atoms with E-state index in [1.165, 1.54) is 12.1 Å². The first-order valence-corrected chi connectivity index (χ1v) is 5.59.